The Morgan fingerprint density at radius 2 is 2.22 bits per heavy atom. The summed E-state index contributed by atoms with van der Waals surface area (Å²) < 4.78 is 32.4. The van der Waals surface area contributed by atoms with Gasteiger partial charge in [-0.1, -0.05) is 7.40 Å². The molecule has 1 aliphatic heterocycles. The van der Waals surface area contributed by atoms with Crippen molar-refractivity contribution in [2.75, 3.05) is 19.8 Å². The van der Waals surface area contributed by atoms with Gasteiger partial charge in [0.15, 0.2) is 0 Å². The molecule has 4 atom stereocenters. The second-order valence-corrected chi connectivity index (χ2v) is 7.19. The zero-order valence-electron chi connectivity index (χ0n) is 16.8. The lowest BCUT2D eigenvalue weighted by Gasteiger charge is -2.37. The van der Waals surface area contributed by atoms with Crippen LogP contribution in [0.5, 0.6) is 0 Å². The fourth-order valence-corrected chi connectivity index (χ4v) is 4.16. The van der Waals surface area contributed by atoms with Crippen molar-refractivity contribution in [2.24, 2.45) is 0 Å². The molecule has 0 amide bonds. The fourth-order valence-electron chi connectivity index (χ4n) is 2.41. The van der Waals surface area contributed by atoms with Crippen LogP contribution < -0.4 is 0 Å². The monoisotopic (exact) mass is 347 g/mol. The topological polar surface area (TPSA) is 55.5 Å². The minimum absolute atomic E-state index is 0.104. The predicted octanol–water partition coefficient (Wildman–Crippen LogP) is 2.57. The summed E-state index contributed by atoms with van der Waals surface area (Å²) in [5.74, 6) is 0. The van der Waals surface area contributed by atoms with Crippen molar-refractivity contribution < 1.29 is 20.3 Å². The van der Waals surface area contributed by atoms with Gasteiger partial charge in [0.1, 0.15) is 20.6 Å². The van der Waals surface area contributed by atoms with Gasteiger partial charge in [0, 0.05) is 19.5 Å². The fraction of sp³-hybridized carbons (Fsp3) is 0.933. The van der Waals surface area contributed by atoms with Crippen molar-refractivity contribution in [3.63, 3.8) is 0 Å². The van der Waals surface area contributed by atoms with Crippen LogP contribution in [0.15, 0.2) is 0 Å². The molecule has 1 rings (SSSR count). The van der Waals surface area contributed by atoms with E-state index in [0.717, 1.165) is 0 Å². The highest BCUT2D eigenvalue weighted by atomic mass is 31.2. The van der Waals surface area contributed by atoms with Crippen LogP contribution in [0, 0.1) is 6.57 Å². The Morgan fingerprint density at radius 3 is 2.74 bits per heavy atom. The molecule has 0 spiro atoms. The summed E-state index contributed by atoms with van der Waals surface area (Å²) in [7, 11) is 5.74. The number of nitrogens with zero attached hydrogens (tertiary/aromatic N) is 2. The SMILES string of the molecule is [2H]OC[C@H]1O[C@@H]([B])CC1OP(OCC[N+]#[C-])N(C(C)C)C(C)C.[3H]C. The first-order chi connectivity index (χ1) is 11.9. The second-order valence-electron chi connectivity index (χ2n) is 5.78. The van der Waals surface area contributed by atoms with E-state index in [1.807, 2.05) is 0 Å². The van der Waals surface area contributed by atoms with Crippen molar-refractivity contribution in [2.45, 2.75) is 71.8 Å². The van der Waals surface area contributed by atoms with Crippen LogP contribution in [-0.4, -0.2) is 69.1 Å². The van der Waals surface area contributed by atoms with E-state index in [9.17, 15) is 0 Å². The van der Waals surface area contributed by atoms with E-state index in [4.69, 9.17) is 31.0 Å². The van der Waals surface area contributed by atoms with Gasteiger partial charge >= 0.3 is 0 Å². The van der Waals surface area contributed by atoms with Gasteiger partial charge in [0.2, 0.25) is 7.98 Å². The first-order valence-corrected chi connectivity index (χ1v) is 8.74. The molecule has 0 aromatic heterocycles. The molecular weight excluding hydrogens is 314 g/mol. The predicted molar refractivity (Wildman–Crippen MR) is 94.2 cm³/mol. The summed E-state index contributed by atoms with van der Waals surface area (Å²) in [5.41, 5.74) is 0. The Balaban J connectivity index is 0.00000277. The highest BCUT2D eigenvalue weighted by molar-refractivity contribution is 7.44. The number of hydrogen-bond donors (Lipinski definition) is 1. The Hall–Kier alpha value is -0.215. The van der Waals surface area contributed by atoms with Gasteiger partial charge in [-0.2, -0.15) is 0 Å². The first-order valence-electron chi connectivity index (χ1n) is 9.01. The van der Waals surface area contributed by atoms with Gasteiger partial charge in [-0.25, -0.2) is 11.2 Å². The molecule has 1 fully saturated rings. The number of aliphatic hydroxyl groups is 1. The molecule has 0 bridgehead atoms. The lowest BCUT2D eigenvalue weighted by atomic mass is 9.96. The largest absolute Gasteiger partial charge is 0.394 e. The van der Waals surface area contributed by atoms with Crippen molar-refractivity contribution in [1.82, 2.24) is 4.67 Å². The highest BCUT2D eigenvalue weighted by Crippen LogP contribution is 2.48. The minimum atomic E-state index is -1.34. The van der Waals surface area contributed by atoms with E-state index in [-0.39, 0.29) is 30.9 Å². The van der Waals surface area contributed by atoms with Crippen molar-refractivity contribution >= 4 is 16.4 Å². The Labute approximate surface area is 146 Å². The molecule has 0 saturated carbocycles. The summed E-state index contributed by atoms with van der Waals surface area (Å²) in [6.07, 6.45) is -0.129. The van der Waals surface area contributed by atoms with E-state index in [2.05, 4.69) is 42.3 Å². The Morgan fingerprint density at radius 1 is 1.57 bits per heavy atom. The molecule has 1 aliphatic rings. The molecule has 6 nitrogen and oxygen atoms in total. The number of ether oxygens (including phenoxy) is 1. The summed E-state index contributed by atoms with van der Waals surface area (Å²) in [4.78, 5) is 3.32. The molecule has 1 saturated heterocycles. The lowest BCUT2D eigenvalue weighted by molar-refractivity contribution is -0.00126. The number of hydrogen-bond acceptors (Lipinski definition) is 5. The maximum Gasteiger partial charge on any atom is 0.259 e. The lowest BCUT2D eigenvalue weighted by Crippen LogP contribution is -2.36. The van der Waals surface area contributed by atoms with Crippen molar-refractivity contribution in [1.29, 1.82) is 1.43 Å². The minimum Gasteiger partial charge on any atom is -0.394 e. The quantitative estimate of drug-likeness (QED) is 0.285. The number of aliphatic hydroxyl groups excluding tert-OH is 1. The zero-order valence-corrected chi connectivity index (χ0v) is 15.7. The molecule has 2 unspecified atom stereocenters. The normalized spacial score (nSPS) is 26.5. The molecule has 8 heteroatoms. The van der Waals surface area contributed by atoms with Crippen LogP contribution in [0.2, 0.25) is 0 Å². The van der Waals surface area contributed by atoms with Crippen LogP contribution in [0.3, 0.4) is 0 Å². The third-order valence-electron chi connectivity index (χ3n) is 3.27. The number of rotatable bonds is 10. The standard InChI is InChI=1S/C14H26BN2O4P.CH4/c1-10(2)17(11(3)4)22(19-7-6-16-5)21-12-8-14(15)20-13(12)9-18;/h10-14,18H,6-9H2,1-4H3;1H4/t12?,13-,14-,22?;/m1./s1/i18D;1T. The van der Waals surface area contributed by atoms with Crippen LogP contribution >= 0.6 is 8.53 Å². The van der Waals surface area contributed by atoms with E-state index in [1.54, 1.807) is 0 Å². The zero-order chi connectivity index (χ0) is 19.4. The molecule has 0 aliphatic carbocycles. The van der Waals surface area contributed by atoms with Gasteiger partial charge in [-0.3, -0.25) is 0 Å². The van der Waals surface area contributed by atoms with E-state index in [0.29, 0.717) is 19.6 Å². The molecule has 0 aromatic rings. The Bertz CT molecular complexity index is 383. The van der Waals surface area contributed by atoms with Crippen LogP contribution in [-0.2, 0) is 13.8 Å². The molecule has 23 heavy (non-hydrogen) atoms. The average Bonchev–Trinajstić information content (AvgIpc) is 2.88. The Kier molecular flexibility index (Phi) is 9.44. The third-order valence-corrected chi connectivity index (χ3v) is 5.43. The average molecular weight is 347 g/mol. The molecule has 2 radical (unpaired) electrons. The van der Waals surface area contributed by atoms with Crippen LogP contribution in [0.1, 0.15) is 42.9 Å². The summed E-state index contributed by atoms with van der Waals surface area (Å²) in [5, 5.41) is 4.44. The molecule has 1 N–H and O–H groups in total. The first kappa shape index (κ1) is 19.1. The third kappa shape index (κ3) is 7.05. The van der Waals surface area contributed by atoms with E-state index >= 15 is 0 Å². The maximum atomic E-state index is 6.92. The van der Waals surface area contributed by atoms with Gasteiger partial charge < -0.3 is 23.7 Å². The summed E-state index contributed by atoms with van der Waals surface area (Å²) in [6, 6.07) is 0.0404. The van der Waals surface area contributed by atoms with Gasteiger partial charge in [0.25, 0.3) is 8.53 Å². The molecule has 1 heterocycles. The molecule has 132 valence electrons. The molecule has 0 aromatic carbocycles. The highest BCUT2D eigenvalue weighted by Gasteiger charge is 2.38. The van der Waals surface area contributed by atoms with Crippen LogP contribution in [0.4, 0.5) is 0 Å². The summed E-state index contributed by atoms with van der Waals surface area (Å²) >= 11 is 0. The smallest absolute Gasteiger partial charge is 0.259 e. The van der Waals surface area contributed by atoms with Crippen molar-refractivity contribution in [3.05, 3.63) is 11.4 Å². The van der Waals surface area contributed by atoms with Gasteiger partial charge in [-0.05, 0) is 34.1 Å². The van der Waals surface area contributed by atoms with Gasteiger partial charge in [-0.15, -0.1) is 0 Å². The van der Waals surface area contributed by atoms with Gasteiger partial charge in [0.05, 0.1) is 12.7 Å². The van der Waals surface area contributed by atoms with E-state index < -0.39 is 14.5 Å². The maximum absolute atomic E-state index is 6.92. The van der Waals surface area contributed by atoms with Crippen molar-refractivity contribution in [3.8, 4) is 0 Å². The summed E-state index contributed by atoms with van der Waals surface area (Å²) in [6.45, 7) is 15.9. The van der Waals surface area contributed by atoms with E-state index in [1.165, 1.54) is 7.40 Å². The molecular formula is C15H30BN2O4P. The second kappa shape index (κ2) is 11.4. The van der Waals surface area contributed by atoms with Crippen LogP contribution in [0.25, 0.3) is 4.85 Å².